The number of rotatable bonds is 21. The molecular weight excluding hydrogens is 396 g/mol. The largest absolute Gasteiger partial charge is 0.120 e. The minimum Gasteiger partial charge on any atom is -0.120 e. The molecule has 0 saturated carbocycles. The fourth-order valence-electron chi connectivity index (χ4n) is 4.54. The Bertz CT molecular complexity index is 718. The van der Waals surface area contributed by atoms with Gasteiger partial charge >= 0.3 is 0 Å². The average Bonchev–Trinajstić information content (AvgIpc) is 2.83. The topological polar surface area (TPSA) is 0 Å². The molecule has 0 aliphatic heterocycles. The van der Waals surface area contributed by atoms with Gasteiger partial charge in [-0.2, -0.15) is 0 Å². The SMILES string of the molecule is C#CCCCCCCCc1ccc(CCCCCCCC#C)c(CCCCCCCC#C)c1. The summed E-state index contributed by atoms with van der Waals surface area (Å²) in [5, 5.41) is 0. The van der Waals surface area contributed by atoms with E-state index < -0.39 is 0 Å². The normalized spacial score (nSPS) is 10.5. The first kappa shape index (κ1) is 28.9. The van der Waals surface area contributed by atoms with Gasteiger partial charge in [-0.05, 0) is 74.5 Å². The Morgan fingerprint density at radius 1 is 0.424 bits per heavy atom. The Morgan fingerprint density at radius 3 is 1.30 bits per heavy atom. The molecule has 1 aromatic carbocycles. The summed E-state index contributed by atoms with van der Waals surface area (Å²) < 4.78 is 0. The summed E-state index contributed by atoms with van der Waals surface area (Å²) in [5.41, 5.74) is 4.72. The molecule has 0 fully saturated rings. The minimum absolute atomic E-state index is 0.929. The number of terminal acetylenes is 3. The Morgan fingerprint density at radius 2 is 0.818 bits per heavy atom. The van der Waals surface area contributed by atoms with E-state index in [1.165, 1.54) is 121 Å². The molecule has 0 atom stereocenters. The van der Waals surface area contributed by atoms with E-state index >= 15 is 0 Å². The Kier molecular flexibility index (Phi) is 19.1. The highest BCUT2D eigenvalue weighted by Crippen LogP contribution is 2.21. The van der Waals surface area contributed by atoms with Gasteiger partial charge in [0.2, 0.25) is 0 Å². The van der Waals surface area contributed by atoms with E-state index in [4.69, 9.17) is 19.3 Å². The van der Waals surface area contributed by atoms with Crippen molar-refractivity contribution in [2.45, 2.75) is 135 Å². The molecular formula is C33H48. The van der Waals surface area contributed by atoms with E-state index in [1.807, 2.05) is 0 Å². The monoisotopic (exact) mass is 444 g/mol. The van der Waals surface area contributed by atoms with Crippen molar-refractivity contribution in [1.82, 2.24) is 0 Å². The van der Waals surface area contributed by atoms with Crippen LogP contribution in [-0.4, -0.2) is 0 Å². The van der Waals surface area contributed by atoms with Gasteiger partial charge in [0.15, 0.2) is 0 Å². The van der Waals surface area contributed by atoms with Crippen molar-refractivity contribution in [3.63, 3.8) is 0 Å². The van der Waals surface area contributed by atoms with Crippen LogP contribution in [0.2, 0.25) is 0 Å². The van der Waals surface area contributed by atoms with Crippen molar-refractivity contribution in [2.75, 3.05) is 0 Å². The van der Waals surface area contributed by atoms with Crippen molar-refractivity contribution < 1.29 is 0 Å². The molecule has 0 nitrogen and oxygen atoms in total. The number of hydrogen-bond acceptors (Lipinski definition) is 0. The average molecular weight is 445 g/mol. The van der Waals surface area contributed by atoms with Gasteiger partial charge in [0.1, 0.15) is 0 Å². The van der Waals surface area contributed by atoms with Crippen LogP contribution >= 0.6 is 0 Å². The maximum Gasteiger partial charge on any atom is 0.00860 e. The van der Waals surface area contributed by atoms with Crippen LogP contribution in [0.3, 0.4) is 0 Å². The molecule has 0 saturated heterocycles. The molecule has 0 amide bonds. The highest BCUT2D eigenvalue weighted by Gasteiger charge is 2.06. The van der Waals surface area contributed by atoms with E-state index in [9.17, 15) is 0 Å². The summed E-state index contributed by atoms with van der Waals surface area (Å²) in [5.74, 6) is 8.25. The maximum atomic E-state index is 5.36. The van der Waals surface area contributed by atoms with E-state index in [0.29, 0.717) is 0 Å². The summed E-state index contributed by atoms with van der Waals surface area (Å²) in [7, 11) is 0. The van der Waals surface area contributed by atoms with Gasteiger partial charge in [-0.25, -0.2) is 0 Å². The Labute approximate surface area is 206 Å². The quantitative estimate of drug-likeness (QED) is 0.131. The third-order valence-corrected chi connectivity index (χ3v) is 6.59. The van der Waals surface area contributed by atoms with E-state index in [1.54, 1.807) is 11.1 Å². The predicted octanol–water partition coefficient (Wildman–Crippen LogP) is 9.24. The lowest BCUT2D eigenvalue weighted by atomic mass is 9.93. The smallest absolute Gasteiger partial charge is 0.00860 e. The number of hydrogen-bond donors (Lipinski definition) is 0. The third kappa shape index (κ3) is 16.2. The second kappa shape index (κ2) is 21.7. The summed E-state index contributed by atoms with van der Waals surface area (Å²) in [6.45, 7) is 0. The number of benzene rings is 1. The lowest BCUT2D eigenvalue weighted by molar-refractivity contribution is 0.609. The predicted molar refractivity (Wildman–Crippen MR) is 147 cm³/mol. The van der Waals surface area contributed by atoms with E-state index in [-0.39, 0.29) is 0 Å². The van der Waals surface area contributed by atoms with Gasteiger partial charge in [-0.3, -0.25) is 0 Å². The lowest BCUT2D eigenvalue weighted by Crippen LogP contribution is -1.98. The third-order valence-electron chi connectivity index (χ3n) is 6.59. The van der Waals surface area contributed by atoms with Crippen LogP contribution in [0.5, 0.6) is 0 Å². The second-order valence-corrected chi connectivity index (χ2v) is 9.52. The van der Waals surface area contributed by atoms with Gasteiger partial charge in [0, 0.05) is 19.3 Å². The molecule has 0 radical (unpaired) electrons. The molecule has 1 aromatic rings. The first-order chi connectivity index (χ1) is 16.3. The standard InChI is InChI=1S/C33H48/c1-4-7-10-13-16-19-22-25-31-28-29-32(26-23-20-17-14-11-8-5-2)33(30-31)27-24-21-18-15-12-9-6-3/h1-3,28-30H,7-27H2. The highest BCUT2D eigenvalue weighted by molar-refractivity contribution is 5.32. The van der Waals surface area contributed by atoms with Crippen LogP contribution in [0.15, 0.2) is 18.2 Å². The number of unbranched alkanes of at least 4 members (excludes halogenated alkanes) is 15. The summed E-state index contributed by atoms with van der Waals surface area (Å²) in [4.78, 5) is 0. The van der Waals surface area contributed by atoms with Gasteiger partial charge < -0.3 is 0 Å². The zero-order valence-corrected chi connectivity index (χ0v) is 21.3. The van der Waals surface area contributed by atoms with Crippen LogP contribution in [0, 0.1) is 37.0 Å². The molecule has 1 rings (SSSR count). The first-order valence-corrected chi connectivity index (χ1v) is 13.7. The van der Waals surface area contributed by atoms with Crippen LogP contribution in [0.25, 0.3) is 0 Å². The zero-order valence-electron chi connectivity index (χ0n) is 21.3. The van der Waals surface area contributed by atoms with Gasteiger partial charge in [0.25, 0.3) is 0 Å². The van der Waals surface area contributed by atoms with Crippen LogP contribution < -0.4 is 0 Å². The molecule has 0 unspecified atom stereocenters. The highest BCUT2D eigenvalue weighted by atomic mass is 14.1. The second-order valence-electron chi connectivity index (χ2n) is 9.52. The zero-order chi connectivity index (χ0) is 23.8. The molecule has 0 heterocycles. The first-order valence-electron chi connectivity index (χ1n) is 13.7. The summed E-state index contributed by atoms with van der Waals surface area (Å²) in [6.07, 6.45) is 41.7. The van der Waals surface area contributed by atoms with Gasteiger partial charge in [0.05, 0.1) is 0 Å². The van der Waals surface area contributed by atoms with Crippen molar-refractivity contribution in [3.05, 3.63) is 34.9 Å². The van der Waals surface area contributed by atoms with Crippen molar-refractivity contribution in [2.24, 2.45) is 0 Å². The van der Waals surface area contributed by atoms with Crippen molar-refractivity contribution in [3.8, 4) is 37.0 Å². The number of aryl methyl sites for hydroxylation is 3. The van der Waals surface area contributed by atoms with Crippen molar-refractivity contribution >= 4 is 0 Å². The van der Waals surface area contributed by atoms with Crippen LogP contribution in [-0.2, 0) is 19.3 Å². The summed E-state index contributed by atoms with van der Waals surface area (Å²) >= 11 is 0. The van der Waals surface area contributed by atoms with Crippen LogP contribution in [0.1, 0.15) is 132 Å². The summed E-state index contributed by atoms with van der Waals surface area (Å²) in [6, 6.07) is 7.35. The fourth-order valence-corrected chi connectivity index (χ4v) is 4.54. The van der Waals surface area contributed by atoms with Crippen molar-refractivity contribution in [1.29, 1.82) is 0 Å². The Hall–Kier alpha value is -2.10. The molecule has 0 aromatic heterocycles. The molecule has 0 aliphatic rings. The minimum atomic E-state index is 0.929. The fraction of sp³-hybridized carbons (Fsp3) is 0.636. The Balaban J connectivity index is 2.47. The molecule has 0 aliphatic carbocycles. The van der Waals surface area contributed by atoms with Crippen LogP contribution in [0.4, 0.5) is 0 Å². The maximum absolute atomic E-state index is 5.36. The molecule has 0 N–H and O–H groups in total. The molecule has 0 spiro atoms. The van der Waals surface area contributed by atoms with Gasteiger partial charge in [-0.15, -0.1) is 37.0 Å². The van der Waals surface area contributed by atoms with Gasteiger partial charge in [-0.1, -0.05) is 76.0 Å². The molecule has 0 heteroatoms. The van der Waals surface area contributed by atoms with E-state index in [2.05, 4.69) is 36.0 Å². The molecule has 180 valence electrons. The molecule has 0 bridgehead atoms. The molecule has 33 heavy (non-hydrogen) atoms. The lowest BCUT2D eigenvalue weighted by Gasteiger charge is -2.13. The van der Waals surface area contributed by atoms with E-state index in [0.717, 1.165) is 19.3 Å².